The Morgan fingerprint density at radius 2 is 1.11 bits per heavy atom. The van der Waals surface area contributed by atoms with Crippen LogP contribution in [0, 0.1) is 0 Å². The molecule has 0 fully saturated rings. The molecule has 1 rings (SSSR count). The molecule has 2 unspecified atom stereocenters. The predicted molar refractivity (Wildman–Crippen MR) is 95.0 cm³/mol. The lowest BCUT2D eigenvalue weighted by Crippen LogP contribution is -2.31. The smallest absolute Gasteiger partial charge is 0.332 e. The summed E-state index contributed by atoms with van der Waals surface area (Å²) in [6.07, 6.45) is -0.124. The van der Waals surface area contributed by atoms with Crippen LogP contribution in [0.5, 0.6) is 0 Å². The van der Waals surface area contributed by atoms with Crippen LogP contribution >= 0.6 is 0 Å². The number of hydroxylamine groups is 2. The van der Waals surface area contributed by atoms with E-state index in [9.17, 15) is 19.2 Å². The van der Waals surface area contributed by atoms with Crippen molar-refractivity contribution in [2.24, 2.45) is 0 Å². The molecule has 1 aromatic carbocycles. The van der Waals surface area contributed by atoms with Gasteiger partial charge in [-0.05, 0) is 24.3 Å². The minimum absolute atomic E-state index is 0.188. The highest BCUT2D eigenvalue weighted by molar-refractivity contribution is 5.97. The van der Waals surface area contributed by atoms with Crippen LogP contribution in [-0.4, -0.2) is 36.3 Å². The second-order valence-corrected chi connectivity index (χ2v) is 5.09. The van der Waals surface area contributed by atoms with Crippen molar-refractivity contribution in [3.05, 3.63) is 60.7 Å². The molecular weight excluding hydrogens is 372 g/mol. The lowest BCUT2D eigenvalue weighted by molar-refractivity contribution is -0.179. The van der Waals surface area contributed by atoms with Gasteiger partial charge in [0.05, 0.1) is 0 Å². The lowest BCUT2D eigenvalue weighted by atomic mass is 10.1. The zero-order valence-electron chi connectivity index (χ0n) is 15.3. The zero-order valence-corrected chi connectivity index (χ0v) is 15.3. The molecule has 0 aromatic heterocycles. The lowest BCUT2D eigenvalue weighted by Gasteiger charge is -2.13. The molecule has 0 spiro atoms. The van der Waals surface area contributed by atoms with E-state index in [4.69, 9.17) is 19.1 Å². The summed E-state index contributed by atoms with van der Waals surface area (Å²) in [6.45, 7) is 9.28. The Morgan fingerprint density at radius 3 is 1.39 bits per heavy atom. The number of rotatable bonds is 10. The SMILES string of the molecule is C=CC(=O)OC(C)ONC(=O)c1ccc(C(=O)NOC(C)OC(=O)C=C)cc1. The average molecular weight is 392 g/mol. The fourth-order valence-corrected chi connectivity index (χ4v) is 1.64. The number of hydrogen-bond donors (Lipinski definition) is 2. The van der Waals surface area contributed by atoms with Crippen molar-refractivity contribution in [3.8, 4) is 0 Å². The van der Waals surface area contributed by atoms with Crippen LogP contribution in [0.2, 0.25) is 0 Å². The standard InChI is InChI=1S/C18H20N2O8/c1-5-15(21)25-11(3)27-19-17(23)13-7-9-14(10-8-13)18(24)20-28-12(4)26-16(22)6-2/h5-12H,1-2H2,3-4H3,(H,19,23)(H,20,24). The molecule has 2 amide bonds. The second kappa shape index (κ2) is 11.3. The molecule has 0 heterocycles. The molecule has 2 atom stereocenters. The van der Waals surface area contributed by atoms with Gasteiger partial charge in [0.1, 0.15) is 0 Å². The Balaban J connectivity index is 2.51. The van der Waals surface area contributed by atoms with E-state index in [1.54, 1.807) is 0 Å². The molecule has 0 saturated carbocycles. The monoisotopic (exact) mass is 392 g/mol. The summed E-state index contributed by atoms with van der Waals surface area (Å²) in [5.41, 5.74) is 4.59. The van der Waals surface area contributed by atoms with Crippen molar-refractivity contribution in [3.63, 3.8) is 0 Å². The summed E-state index contributed by atoms with van der Waals surface area (Å²) in [6, 6.07) is 5.48. The summed E-state index contributed by atoms with van der Waals surface area (Å²) >= 11 is 0. The van der Waals surface area contributed by atoms with Crippen LogP contribution in [0.15, 0.2) is 49.6 Å². The topological polar surface area (TPSA) is 129 Å². The molecule has 0 aliphatic carbocycles. The first-order valence-electron chi connectivity index (χ1n) is 7.95. The van der Waals surface area contributed by atoms with Gasteiger partial charge in [-0.1, -0.05) is 13.2 Å². The van der Waals surface area contributed by atoms with Gasteiger partial charge in [-0.2, -0.15) is 0 Å². The van der Waals surface area contributed by atoms with Gasteiger partial charge < -0.3 is 9.47 Å². The molecule has 0 aliphatic heterocycles. The van der Waals surface area contributed by atoms with Gasteiger partial charge in [-0.15, -0.1) is 0 Å². The van der Waals surface area contributed by atoms with Crippen molar-refractivity contribution in [1.29, 1.82) is 0 Å². The van der Waals surface area contributed by atoms with Crippen molar-refractivity contribution >= 4 is 23.8 Å². The van der Waals surface area contributed by atoms with Crippen LogP contribution in [0.4, 0.5) is 0 Å². The van der Waals surface area contributed by atoms with E-state index < -0.39 is 36.3 Å². The van der Waals surface area contributed by atoms with Crippen LogP contribution in [0.3, 0.4) is 0 Å². The average Bonchev–Trinajstić information content (AvgIpc) is 2.69. The number of ether oxygens (including phenoxy) is 2. The van der Waals surface area contributed by atoms with Crippen LogP contribution in [-0.2, 0) is 28.7 Å². The molecule has 150 valence electrons. The van der Waals surface area contributed by atoms with Gasteiger partial charge in [0.15, 0.2) is 0 Å². The summed E-state index contributed by atoms with van der Waals surface area (Å²) < 4.78 is 9.43. The van der Waals surface area contributed by atoms with Crippen LogP contribution in [0.25, 0.3) is 0 Å². The molecule has 2 N–H and O–H groups in total. The van der Waals surface area contributed by atoms with Gasteiger partial charge >= 0.3 is 11.9 Å². The minimum atomic E-state index is -1.02. The van der Waals surface area contributed by atoms with E-state index in [1.807, 2.05) is 0 Å². The minimum Gasteiger partial charge on any atom is -0.431 e. The summed E-state index contributed by atoms with van der Waals surface area (Å²) in [7, 11) is 0. The maximum Gasteiger partial charge on any atom is 0.332 e. The Morgan fingerprint density at radius 1 is 0.786 bits per heavy atom. The third kappa shape index (κ3) is 7.81. The van der Waals surface area contributed by atoms with Gasteiger partial charge in [0, 0.05) is 37.1 Å². The molecule has 28 heavy (non-hydrogen) atoms. The van der Waals surface area contributed by atoms with Crippen LogP contribution < -0.4 is 11.0 Å². The maximum atomic E-state index is 12.0. The summed E-state index contributed by atoms with van der Waals surface area (Å²) in [5, 5.41) is 0. The molecule has 0 saturated heterocycles. The molecule has 0 radical (unpaired) electrons. The number of benzene rings is 1. The van der Waals surface area contributed by atoms with Crippen molar-refractivity contribution in [1.82, 2.24) is 11.0 Å². The number of nitrogens with one attached hydrogen (secondary N) is 2. The molecule has 10 heteroatoms. The first-order valence-corrected chi connectivity index (χ1v) is 7.95. The highest BCUT2D eigenvalue weighted by Crippen LogP contribution is 2.06. The number of esters is 2. The van der Waals surface area contributed by atoms with Gasteiger partial charge in [-0.25, -0.2) is 30.2 Å². The van der Waals surface area contributed by atoms with E-state index in [0.717, 1.165) is 12.2 Å². The fraction of sp³-hybridized carbons (Fsp3) is 0.222. The van der Waals surface area contributed by atoms with Gasteiger partial charge in [-0.3, -0.25) is 9.59 Å². The molecule has 0 bridgehead atoms. The highest BCUT2D eigenvalue weighted by Gasteiger charge is 2.13. The molecule has 10 nitrogen and oxygen atoms in total. The summed E-state index contributed by atoms with van der Waals surface area (Å²) in [5.74, 6) is -2.63. The second-order valence-electron chi connectivity index (χ2n) is 5.09. The van der Waals surface area contributed by atoms with Crippen LogP contribution in [0.1, 0.15) is 34.6 Å². The molecule has 1 aromatic rings. The van der Waals surface area contributed by atoms with Gasteiger partial charge in [0.2, 0.25) is 12.6 Å². The van der Waals surface area contributed by atoms with E-state index >= 15 is 0 Å². The Labute approximate surface area is 161 Å². The van der Waals surface area contributed by atoms with E-state index in [-0.39, 0.29) is 11.1 Å². The van der Waals surface area contributed by atoms with E-state index in [2.05, 4.69) is 24.1 Å². The molecular formula is C18H20N2O8. The summed E-state index contributed by atoms with van der Waals surface area (Å²) in [4.78, 5) is 55.6. The normalized spacial score (nSPS) is 12.1. The maximum absolute atomic E-state index is 12.0. The Hall–Kier alpha value is -3.50. The quantitative estimate of drug-likeness (QED) is 0.263. The number of amides is 2. The third-order valence-corrected chi connectivity index (χ3v) is 2.94. The van der Waals surface area contributed by atoms with Crippen molar-refractivity contribution < 1.29 is 38.3 Å². The number of carbonyl (C=O) groups is 4. The van der Waals surface area contributed by atoms with E-state index in [0.29, 0.717) is 0 Å². The van der Waals surface area contributed by atoms with Crippen molar-refractivity contribution in [2.45, 2.75) is 26.4 Å². The van der Waals surface area contributed by atoms with Gasteiger partial charge in [0.25, 0.3) is 11.8 Å². The Kier molecular flexibility index (Phi) is 9.07. The fourth-order valence-electron chi connectivity index (χ4n) is 1.64. The Bertz CT molecular complexity index is 681. The predicted octanol–water partition coefficient (Wildman–Crippen LogP) is 1.16. The third-order valence-electron chi connectivity index (χ3n) is 2.94. The molecule has 0 aliphatic rings. The number of carbonyl (C=O) groups excluding carboxylic acids is 4. The first kappa shape index (κ1) is 22.5. The number of hydrogen-bond acceptors (Lipinski definition) is 8. The first-order chi connectivity index (χ1) is 13.3. The van der Waals surface area contributed by atoms with Crippen molar-refractivity contribution in [2.75, 3.05) is 0 Å². The largest absolute Gasteiger partial charge is 0.431 e. The highest BCUT2D eigenvalue weighted by atomic mass is 16.8. The van der Waals surface area contributed by atoms with E-state index in [1.165, 1.54) is 38.1 Å². The zero-order chi connectivity index (χ0) is 21.1.